The van der Waals surface area contributed by atoms with Crippen molar-refractivity contribution in [3.8, 4) is 6.07 Å². The second-order valence-corrected chi connectivity index (χ2v) is 7.01. The van der Waals surface area contributed by atoms with Crippen molar-refractivity contribution in [2.45, 2.75) is 20.1 Å². The molecule has 0 aliphatic carbocycles. The van der Waals surface area contributed by atoms with E-state index in [1.54, 1.807) is 0 Å². The monoisotopic (exact) mass is 318 g/mol. The van der Waals surface area contributed by atoms with Crippen LogP contribution in [0.15, 0.2) is 42.5 Å². The van der Waals surface area contributed by atoms with Crippen LogP contribution in [0.4, 0.5) is 0 Å². The van der Waals surface area contributed by atoms with Gasteiger partial charge in [0.2, 0.25) is 0 Å². The van der Waals surface area contributed by atoms with E-state index in [2.05, 4.69) is 19.9 Å². The van der Waals surface area contributed by atoms with Gasteiger partial charge in [-0.25, -0.2) is 4.98 Å². The zero-order valence-corrected chi connectivity index (χ0v) is 13.7. The molecule has 1 aliphatic rings. The summed E-state index contributed by atoms with van der Waals surface area (Å²) in [6, 6.07) is 15.9. The second kappa shape index (κ2) is 5.55. The number of rotatable bonds is 1. The molecule has 1 aliphatic heterocycles. The number of aromatic nitrogens is 1. The summed E-state index contributed by atoms with van der Waals surface area (Å²) in [4.78, 5) is 4.71. The molecular formula is C20H18N2O2. The van der Waals surface area contributed by atoms with Gasteiger partial charge in [-0.2, -0.15) is 5.26 Å². The van der Waals surface area contributed by atoms with Gasteiger partial charge in [-0.1, -0.05) is 44.2 Å². The Morgan fingerprint density at radius 3 is 2.50 bits per heavy atom. The third-order valence-electron chi connectivity index (χ3n) is 4.34. The van der Waals surface area contributed by atoms with E-state index in [-0.39, 0.29) is 11.7 Å². The van der Waals surface area contributed by atoms with Crippen LogP contribution in [-0.2, 0) is 9.47 Å². The number of nitriles is 1. The standard InChI is InChI=1S/C20H18N2O2/c1-20(2)11-23-19(24-12-20)13-7-8-15-16(10-21)14-5-3-4-6-17(14)22-18(15)9-13/h3-9,19H,11-12H2,1-2H3. The van der Waals surface area contributed by atoms with Gasteiger partial charge in [-0.15, -0.1) is 0 Å². The van der Waals surface area contributed by atoms with Crippen LogP contribution in [0.3, 0.4) is 0 Å². The number of hydrogen-bond donors (Lipinski definition) is 0. The fraction of sp³-hybridized carbons (Fsp3) is 0.300. The molecule has 1 aromatic heterocycles. The second-order valence-electron chi connectivity index (χ2n) is 7.01. The normalized spacial score (nSPS) is 17.9. The molecule has 0 atom stereocenters. The molecule has 0 radical (unpaired) electrons. The average Bonchev–Trinajstić information content (AvgIpc) is 2.59. The molecule has 4 nitrogen and oxygen atoms in total. The van der Waals surface area contributed by atoms with Crippen LogP contribution in [0.25, 0.3) is 21.8 Å². The number of ether oxygens (including phenoxy) is 2. The molecule has 4 rings (SSSR count). The molecule has 0 bridgehead atoms. The zero-order valence-electron chi connectivity index (χ0n) is 13.7. The first-order valence-corrected chi connectivity index (χ1v) is 8.03. The molecule has 3 aromatic rings. The lowest BCUT2D eigenvalue weighted by Gasteiger charge is -2.34. The maximum absolute atomic E-state index is 9.58. The summed E-state index contributed by atoms with van der Waals surface area (Å²) in [6.07, 6.45) is -0.374. The van der Waals surface area contributed by atoms with Crippen molar-refractivity contribution in [3.05, 3.63) is 53.6 Å². The van der Waals surface area contributed by atoms with Gasteiger partial charge in [0.15, 0.2) is 6.29 Å². The van der Waals surface area contributed by atoms with Crippen LogP contribution in [0, 0.1) is 16.7 Å². The SMILES string of the molecule is CC1(C)COC(c2ccc3c(C#N)c4ccccc4nc3c2)OC1. The predicted molar refractivity (Wildman–Crippen MR) is 92.4 cm³/mol. The summed E-state index contributed by atoms with van der Waals surface area (Å²) in [6.45, 7) is 5.56. The largest absolute Gasteiger partial charge is 0.348 e. The Labute approximate surface area is 140 Å². The quantitative estimate of drug-likeness (QED) is 0.627. The van der Waals surface area contributed by atoms with Crippen LogP contribution in [-0.4, -0.2) is 18.2 Å². The van der Waals surface area contributed by atoms with Gasteiger partial charge in [-0.3, -0.25) is 0 Å². The minimum atomic E-state index is -0.374. The number of hydrogen-bond acceptors (Lipinski definition) is 4. The fourth-order valence-electron chi connectivity index (χ4n) is 3.06. The van der Waals surface area contributed by atoms with Crippen molar-refractivity contribution in [2.75, 3.05) is 13.2 Å². The van der Waals surface area contributed by atoms with Crippen molar-refractivity contribution < 1.29 is 9.47 Å². The number of benzene rings is 2. The Morgan fingerprint density at radius 1 is 1.04 bits per heavy atom. The van der Waals surface area contributed by atoms with E-state index >= 15 is 0 Å². The Balaban J connectivity index is 1.81. The van der Waals surface area contributed by atoms with Gasteiger partial charge in [0.1, 0.15) is 6.07 Å². The van der Waals surface area contributed by atoms with Gasteiger partial charge in [-0.05, 0) is 12.1 Å². The third kappa shape index (κ3) is 2.52. The summed E-state index contributed by atoms with van der Waals surface area (Å²) in [5.74, 6) is 0. The lowest BCUT2D eigenvalue weighted by atomic mass is 9.95. The average molecular weight is 318 g/mol. The molecule has 4 heteroatoms. The van der Waals surface area contributed by atoms with Crippen LogP contribution in [0.2, 0.25) is 0 Å². The van der Waals surface area contributed by atoms with Crippen molar-refractivity contribution in [2.24, 2.45) is 5.41 Å². The maximum Gasteiger partial charge on any atom is 0.183 e. The molecule has 0 spiro atoms. The summed E-state index contributed by atoms with van der Waals surface area (Å²) in [7, 11) is 0. The number of para-hydroxylation sites is 1. The molecule has 1 saturated heterocycles. The molecule has 0 saturated carbocycles. The van der Waals surface area contributed by atoms with E-state index in [4.69, 9.17) is 14.5 Å². The summed E-state index contributed by atoms with van der Waals surface area (Å²) < 4.78 is 11.7. The van der Waals surface area contributed by atoms with E-state index in [0.717, 1.165) is 27.4 Å². The molecule has 120 valence electrons. The van der Waals surface area contributed by atoms with Crippen molar-refractivity contribution >= 4 is 21.8 Å². The van der Waals surface area contributed by atoms with Gasteiger partial charge in [0.05, 0.1) is 29.8 Å². The van der Waals surface area contributed by atoms with E-state index in [1.807, 2.05) is 42.5 Å². The number of pyridine rings is 1. The fourth-order valence-corrected chi connectivity index (χ4v) is 3.06. The van der Waals surface area contributed by atoms with E-state index in [9.17, 15) is 5.26 Å². The molecular weight excluding hydrogens is 300 g/mol. The van der Waals surface area contributed by atoms with Gasteiger partial charge in [0.25, 0.3) is 0 Å². The summed E-state index contributed by atoms with van der Waals surface area (Å²) >= 11 is 0. The Hall–Kier alpha value is -2.48. The lowest BCUT2D eigenvalue weighted by molar-refractivity contribution is -0.226. The van der Waals surface area contributed by atoms with E-state index in [0.29, 0.717) is 18.8 Å². The molecule has 2 aromatic carbocycles. The highest BCUT2D eigenvalue weighted by Crippen LogP contribution is 2.33. The third-order valence-corrected chi connectivity index (χ3v) is 4.34. The van der Waals surface area contributed by atoms with Crippen LogP contribution in [0.1, 0.15) is 31.3 Å². The molecule has 0 amide bonds. The predicted octanol–water partition coefficient (Wildman–Crippen LogP) is 4.33. The Bertz CT molecular complexity index is 962. The highest BCUT2D eigenvalue weighted by atomic mass is 16.7. The Morgan fingerprint density at radius 2 is 1.75 bits per heavy atom. The van der Waals surface area contributed by atoms with Crippen LogP contribution >= 0.6 is 0 Å². The first-order valence-electron chi connectivity index (χ1n) is 8.03. The molecule has 24 heavy (non-hydrogen) atoms. The van der Waals surface area contributed by atoms with E-state index in [1.165, 1.54) is 0 Å². The van der Waals surface area contributed by atoms with Crippen LogP contribution in [0.5, 0.6) is 0 Å². The van der Waals surface area contributed by atoms with Gasteiger partial charge < -0.3 is 9.47 Å². The lowest BCUT2D eigenvalue weighted by Crippen LogP contribution is -2.33. The number of nitrogens with zero attached hydrogens (tertiary/aromatic N) is 2. The number of fused-ring (bicyclic) bond motifs is 2. The van der Waals surface area contributed by atoms with Gasteiger partial charge in [0, 0.05) is 21.8 Å². The molecule has 0 N–H and O–H groups in total. The molecule has 0 unspecified atom stereocenters. The Kier molecular flexibility index (Phi) is 3.49. The minimum absolute atomic E-state index is 0.0375. The minimum Gasteiger partial charge on any atom is -0.348 e. The van der Waals surface area contributed by atoms with Crippen molar-refractivity contribution in [1.29, 1.82) is 5.26 Å². The summed E-state index contributed by atoms with van der Waals surface area (Å²) in [5, 5.41) is 11.3. The van der Waals surface area contributed by atoms with Crippen molar-refractivity contribution in [1.82, 2.24) is 4.98 Å². The maximum atomic E-state index is 9.58. The highest BCUT2D eigenvalue weighted by molar-refractivity contribution is 6.00. The summed E-state index contributed by atoms with van der Waals surface area (Å²) in [5.41, 5.74) is 3.25. The highest BCUT2D eigenvalue weighted by Gasteiger charge is 2.29. The first kappa shape index (κ1) is 15.1. The van der Waals surface area contributed by atoms with E-state index < -0.39 is 0 Å². The topological polar surface area (TPSA) is 55.1 Å². The van der Waals surface area contributed by atoms with Crippen LogP contribution < -0.4 is 0 Å². The first-order chi connectivity index (χ1) is 11.6. The smallest absolute Gasteiger partial charge is 0.183 e. The molecule has 1 fully saturated rings. The zero-order chi connectivity index (χ0) is 16.7. The molecule has 2 heterocycles. The van der Waals surface area contributed by atoms with Gasteiger partial charge >= 0.3 is 0 Å². The van der Waals surface area contributed by atoms with Crippen molar-refractivity contribution in [3.63, 3.8) is 0 Å².